The Hall–Kier alpha value is -1.46. The maximum absolute atomic E-state index is 12.0. The van der Waals surface area contributed by atoms with Crippen molar-refractivity contribution in [3.05, 3.63) is 23.8 Å². The SMILES string of the molecule is CNCC(C)C(=O)NCC(C)(C)c1ccc2c(c1)OCO2.Cl. The van der Waals surface area contributed by atoms with Gasteiger partial charge in [-0.15, -0.1) is 12.4 Å². The van der Waals surface area contributed by atoms with Crippen LogP contribution in [0.5, 0.6) is 11.5 Å². The number of carbonyl (C=O) groups excluding carboxylic acids is 1. The number of hydrogen-bond acceptors (Lipinski definition) is 4. The van der Waals surface area contributed by atoms with Crippen LogP contribution in [0.25, 0.3) is 0 Å². The minimum absolute atomic E-state index is 0. The predicted molar refractivity (Wildman–Crippen MR) is 88.9 cm³/mol. The Morgan fingerprint density at radius 2 is 2.00 bits per heavy atom. The van der Waals surface area contributed by atoms with E-state index in [9.17, 15) is 4.79 Å². The van der Waals surface area contributed by atoms with Gasteiger partial charge in [-0.25, -0.2) is 0 Å². The molecule has 124 valence electrons. The minimum Gasteiger partial charge on any atom is -0.454 e. The first-order valence-corrected chi connectivity index (χ1v) is 7.26. The lowest BCUT2D eigenvalue weighted by Gasteiger charge is -2.26. The number of ether oxygens (including phenoxy) is 2. The molecule has 2 rings (SSSR count). The highest BCUT2D eigenvalue weighted by Crippen LogP contribution is 2.36. The van der Waals surface area contributed by atoms with E-state index in [4.69, 9.17) is 9.47 Å². The van der Waals surface area contributed by atoms with Crippen molar-refractivity contribution in [1.29, 1.82) is 0 Å². The Bertz CT molecular complexity index is 520. The first-order valence-electron chi connectivity index (χ1n) is 7.26. The van der Waals surface area contributed by atoms with Gasteiger partial charge in [0.15, 0.2) is 11.5 Å². The zero-order chi connectivity index (χ0) is 15.5. The number of halogens is 1. The third kappa shape index (κ3) is 4.27. The largest absolute Gasteiger partial charge is 0.454 e. The molecular weight excluding hydrogens is 304 g/mol. The fraction of sp³-hybridized carbons (Fsp3) is 0.562. The van der Waals surface area contributed by atoms with E-state index in [1.54, 1.807) is 0 Å². The van der Waals surface area contributed by atoms with E-state index in [0.717, 1.165) is 17.1 Å². The molecule has 0 saturated heterocycles. The van der Waals surface area contributed by atoms with E-state index in [2.05, 4.69) is 24.5 Å². The Morgan fingerprint density at radius 1 is 1.32 bits per heavy atom. The summed E-state index contributed by atoms with van der Waals surface area (Å²) >= 11 is 0. The van der Waals surface area contributed by atoms with Crippen molar-refractivity contribution in [3.8, 4) is 11.5 Å². The van der Waals surface area contributed by atoms with Crippen molar-refractivity contribution < 1.29 is 14.3 Å². The minimum atomic E-state index is -0.171. The highest BCUT2D eigenvalue weighted by molar-refractivity contribution is 5.85. The third-order valence-corrected chi connectivity index (χ3v) is 3.82. The van der Waals surface area contributed by atoms with E-state index < -0.39 is 0 Å². The zero-order valence-electron chi connectivity index (χ0n) is 13.6. The number of fused-ring (bicyclic) bond motifs is 1. The monoisotopic (exact) mass is 328 g/mol. The van der Waals surface area contributed by atoms with Crippen LogP contribution in [0.15, 0.2) is 18.2 Å². The Morgan fingerprint density at radius 3 is 2.68 bits per heavy atom. The molecule has 1 heterocycles. The van der Waals surface area contributed by atoms with Gasteiger partial charge in [0, 0.05) is 24.4 Å². The quantitative estimate of drug-likeness (QED) is 0.839. The van der Waals surface area contributed by atoms with Gasteiger partial charge in [-0.05, 0) is 24.7 Å². The van der Waals surface area contributed by atoms with Crippen molar-refractivity contribution >= 4 is 18.3 Å². The summed E-state index contributed by atoms with van der Waals surface area (Å²) in [6, 6.07) is 5.94. The molecule has 2 N–H and O–H groups in total. The number of carbonyl (C=O) groups is 1. The van der Waals surface area contributed by atoms with Crippen LogP contribution in [0.3, 0.4) is 0 Å². The average Bonchev–Trinajstić information content (AvgIpc) is 2.92. The fourth-order valence-electron chi connectivity index (χ4n) is 2.30. The van der Waals surface area contributed by atoms with Crippen LogP contribution in [-0.2, 0) is 10.2 Å². The van der Waals surface area contributed by atoms with Gasteiger partial charge in [-0.1, -0.05) is 26.8 Å². The highest BCUT2D eigenvalue weighted by atomic mass is 35.5. The summed E-state index contributed by atoms with van der Waals surface area (Å²) in [5.74, 6) is 1.58. The van der Waals surface area contributed by atoms with Gasteiger partial charge in [-0.2, -0.15) is 0 Å². The Labute approximate surface area is 138 Å². The lowest BCUT2D eigenvalue weighted by atomic mass is 9.84. The molecule has 0 saturated carbocycles. The maximum atomic E-state index is 12.0. The highest BCUT2D eigenvalue weighted by Gasteiger charge is 2.25. The Kier molecular flexibility index (Phi) is 6.50. The average molecular weight is 329 g/mol. The Balaban J connectivity index is 0.00000242. The smallest absolute Gasteiger partial charge is 0.231 e. The molecule has 1 aromatic rings. The lowest BCUT2D eigenvalue weighted by Crippen LogP contribution is -2.41. The van der Waals surface area contributed by atoms with Gasteiger partial charge in [-0.3, -0.25) is 4.79 Å². The standard InChI is InChI=1S/C16H24N2O3.ClH/c1-11(8-17-4)15(19)18-9-16(2,3)12-5-6-13-14(7-12)21-10-20-13;/h5-7,11,17H,8-10H2,1-4H3,(H,18,19);1H. The molecule has 5 nitrogen and oxygen atoms in total. The maximum Gasteiger partial charge on any atom is 0.231 e. The second-order valence-electron chi connectivity index (χ2n) is 6.13. The molecule has 1 aliphatic rings. The molecule has 0 spiro atoms. The molecule has 1 atom stereocenters. The van der Waals surface area contributed by atoms with Crippen molar-refractivity contribution in [2.24, 2.45) is 5.92 Å². The fourth-order valence-corrected chi connectivity index (χ4v) is 2.30. The third-order valence-electron chi connectivity index (χ3n) is 3.82. The van der Waals surface area contributed by atoms with Gasteiger partial charge >= 0.3 is 0 Å². The first-order chi connectivity index (χ1) is 9.94. The van der Waals surface area contributed by atoms with E-state index in [-0.39, 0.29) is 36.4 Å². The summed E-state index contributed by atoms with van der Waals surface area (Å²) in [6.45, 7) is 7.66. The van der Waals surface area contributed by atoms with Crippen LogP contribution in [0.1, 0.15) is 26.3 Å². The lowest BCUT2D eigenvalue weighted by molar-refractivity contribution is -0.124. The van der Waals surface area contributed by atoms with Crippen LogP contribution in [0.2, 0.25) is 0 Å². The molecule has 0 aromatic heterocycles. The molecule has 0 fully saturated rings. The van der Waals surface area contributed by atoms with Gasteiger partial charge in [0.25, 0.3) is 0 Å². The van der Waals surface area contributed by atoms with Gasteiger partial charge in [0.05, 0.1) is 0 Å². The summed E-state index contributed by atoms with van der Waals surface area (Å²) in [6.07, 6.45) is 0. The van der Waals surface area contributed by atoms with Crippen LogP contribution >= 0.6 is 12.4 Å². The predicted octanol–water partition coefficient (Wildman–Crippen LogP) is 2.09. The van der Waals surface area contributed by atoms with Crippen LogP contribution in [0, 0.1) is 5.92 Å². The van der Waals surface area contributed by atoms with Gasteiger partial charge in [0.2, 0.25) is 12.7 Å². The van der Waals surface area contributed by atoms with Crippen LogP contribution in [0.4, 0.5) is 0 Å². The number of benzene rings is 1. The summed E-state index contributed by atoms with van der Waals surface area (Å²) in [5.41, 5.74) is 0.948. The van der Waals surface area contributed by atoms with E-state index in [0.29, 0.717) is 13.1 Å². The molecule has 0 aliphatic carbocycles. The number of hydrogen-bond donors (Lipinski definition) is 2. The summed E-state index contributed by atoms with van der Waals surface area (Å²) in [5, 5.41) is 6.04. The summed E-state index contributed by atoms with van der Waals surface area (Å²) in [4.78, 5) is 12.0. The molecular formula is C16H25ClN2O3. The topological polar surface area (TPSA) is 59.6 Å². The molecule has 0 bridgehead atoms. The van der Waals surface area contributed by atoms with Gasteiger partial charge in [0.1, 0.15) is 0 Å². The number of nitrogens with one attached hydrogen (secondary N) is 2. The first kappa shape index (κ1) is 18.6. The van der Waals surface area contributed by atoms with Crippen molar-refractivity contribution in [1.82, 2.24) is 10.6 Å². The zero-order valence-corrected chi connectivity index (χ0v) is 14.4. The second-order valence-corrected chi connectivity index (χ2v) is 6.13. The van der Waals surface area contributed by atoms with Crippen LogP contribution < -0.4 is 20.1 Å². The van der Waals surface area contributed by atoms with Crippen LogP contribution in [-0.4, -0.2) is 32.8 Å². The second kappa shape index (κ2) is 7.70. The van der Waals surface area contributed by atoms with Gasteiger partial charge < -0.3 is 20.1 Å². The van der Waals surface area contributed by atoms with E-state index >= 15 is 0 Å². The van der Waals surface area contributed by atoms with Crippen molar-refractivity contribution in [3.63, 3.8) is 0 Å². The molecule has 0 radical (unpaired) electrons. The summed E-state index contributed by atoms with van der Waals surface area (Å²) in [7, 11) is 1.85. The molecule has 1 aromatic carbocycles. The van der Waals surface area contributed by atoms with E-state index in [1.807, 2.05) is 32.2 Å². The van der Waals surface area contributed by atoms with E-state index in [1.165, 1.54) is 0 Å². The molecule has 6 heteroatoms. The van der Waals surface area contributed by atoms with Crippen molar-refractivity contribution in [2.75, 3.05) is 26.9 Å². The number of rotatable bonds is 6. The molecule has 22 heavy (non-hydrogen) atoms. The normalized spacial score (nSPS) is 14.2. The number of amides is 1. The summed E-state index contributed by atoms with van der Waals surface area (Å²) < 4.78 is 10.7. The molecule has 1 aliphatic heterocycles. The van der Waals surface area contributed by atoms with Crippen molar-refractivity contribution in [2.45, 2.75) is 26.2 Å². The molecule has 1 amide bonds. The molecule has 1 unspecified atom stereocenters.